The molecule has 0 atom stereocenters. The third-order valence-electron chi connectivity index (χ3n) is 4.32. The molecule has 0 fully saturated rings. The van der Waals surface area contributed by atoms with Crippen molar-refractivity contribution in [2.75, 3.05) is 20.8 Å². The Morgan fingerprint density at radius 1 is 1.07 bits per heavy atom. The lowest BCUT2D eigenvalue weighted by Crippen LogP contribution is -2.25. The first-order valence-corrected chi connectivity index (χ1v) is 10.1. The summed E-state index contributed by atoms with van der Waals surface area (Å²) in [5.41, 5.74) is 2.56. The van der Waals surface area contributed by atoms with Crippen molar-refractivity contribution >= 4 is 17.2 Å². The summed E-state index contributed by atoms with van der Waals surface area (Å²) in [6.07, 6.45) is 0.695. The molecule has 1 heterocycles. The number of thiazole rings is 1. The second-order valence-corrected chi connectivity index (χ2v) is 7.43. The van der Waals surface area contributed by atoms with Crippen molar-refractivity contribution in [2.45, 2.75) is 20.0 Å². The lowest BCUT2D eigenvalue weighted by molar-refractivity contribution is 0.0954. The summed E-state index contributed by atoms with van der Waals surface area (Å²) < 4.78 is 16.3. The van der Waals surface area contributed by atoms with Crippen LogP contribution in [0.25, 0.3) is 0 Å². The summed E-state index contributed by atoms with van der Waals surface area (Å²) in [5.74, 6) is 1.96. The number of aromatic nitrogens is 1. The van der Waals surface area contributed by atoms with E-state index in [0.717, 1.165) is 16.3 Å². The van der Waals surface area contributed by atoms with E-state index in [1.807, 2.05) is 30.5 Å². The van der Waals surface area contributed by atoms with Crippen molar-refractivity contribution in [2.24, 2.45) is 0 Å². The maximum atomic E-state index is 12.3. The number of hydrogen-bond acceptors (Lipinski definition) is 6. The van der Waals surface area contributed by atoms with E-state index >= 15 is 0 Å². The van der Waals surface area contributed by atoms with Crippen molar-refractivity contribution in [3.05, 3.63) is 69.7 Å². The molecule has 0 saturated heterocycles. The largest absolute Gasteiger partial charge is 0.493 e. The van der Waals surface area contributed by atoms with Gasteiger partial charge in [-0.25, -0.2) is 4.98 Å². The van der Waals surface area contributed by atoms with E-state index in [-0.39, 0.29) is 5.91 Å². The van der Waals surface area contributed by atoms with Gasteiger partial charge in [0.25, 0.3) is 5.91 Å². The van der Waals surface area contributed by atoms with Crippen molar-refractivity contribution < 1.29 is 19.0 Å². The molecule has 3 rings (SSSR count). The third-order valence-corrected chi connectivity index (χ3v) is 5.14. The molecule has 1 N–H and O–H groups in total. The lowest BCUT2D eigenvalue weighted by atomic mass is 10.1. The molecule has 152 valence electrons. The summed E-state index contributed by atoms with van der Waals surface area (Å²) >= 11 is 1.60. The number of methoxy groups -OCH3 is 2. The zero-order valence-corrected chi connectivity index (χ0v) is 17.5. The topological polar surface area (TPSA) is 69.7 Å². The molecule has 0 spiro atoms. The SMILES string of the molecule is COc1ccc(CCNC(=O)c2ccc(OCc3csc(C)n3)cc2)cc1OC. The van der Waals surface area contributed by atoms with Crippen LogP contribution in [0.5, 0.6) is 17.2 Å². The van der Waals surface area contributed by atoms with Crippen molar-refractivity contribution in [3.63, 3.8) is 0 Å². The highest BCUT2D eigenvalue weighted by Crippen LogP contribution is 2.27. The van der Waals surface area contributed by atoms with Gasteiger partial charge in [0.15, 0.2) is 11.5 Å². The normalized spacial score (nSPS) is 10.4. The number of carbonyl (C=O) groups excluding carboxylic acids is 1. The Kier molecular flexibility index (Phi) is 7.08. The number of carbonyl (C=O) groups is 1. The van der Waals surface area contributed by atoms with Crippen LogP contribution >= 0.6 is 11.3 Å². The zero-order chi connectivity index (χ0) is 20.6. The van der Waals surface area contributed by atoms with Gasteiger partial charge in [-0.3, -0.25) is 4.79 Å². The van der Waals surface area contributed by atoms with Crippen LogP contribution in [0.3, 0.4) is 0 Å². The molecule has 0 radical (unpaired) electrons. The first-order valence-electron chi connectivity index (χ1n) is 9.22. The van der Waals surface area contributed by atoms with Crippen LogP contribution in [0.2, 0.25) is 0 Å². The van der Waals surface area contributed by atoms with Gasteiger partial charge in [0.2, 0.25) is 0 Å². The third kappa shape index (κ3) is 5.71. The number of rotatable bonds is 9. The molecule has 1 aromatic heterocycles. The molecular formula is C22H24N2O4S. The van der Waals surface area contributed by atoms with Gasteiger partial charge in [0, 0.05) is 17.5 Å². The molecule has 0 saturated carbocycles. The quantitative estimate of drug-likeness (QED) is 0.575. The Hall–Kier alpha value is -3.06. The van der Waals surface area contributed by atoms with Crippen LogP contribution in [0, 0.1) is 6.92 Å². The van der Waals surface area contributed by atoms with Gasteiger partial charge in [-0.2, -0.15) is 0 Å². The Bertz CT molecular complexity index is 954. The predicted octanol–water partition coefficient (Wildman–Crippen LogP) is 4.02. The molecular weight excluding hydrogens is 388 g/mol. The molecule has 29 heavy (non-hydrogen) atoms. The van der Waals surface area contributed by atoms with Crippen molar-refractivity contribution in [1.82, 2.24) is 10.3 Å². The van der Waals surface area contributed by atoms with Crippen molar-refractivity contribution in [1.29, 1.82) is 0 Å². The second kappa shape index (κ2) is 9.93. The summed E-state index contributed by atoms with van der Waals surface area (Å²) in [4.78, 5) is 16.7. The highest BCUT2D eigenvalue weighted by atomic mass is 32.1. The molecule has 7 heteroatoms. The van der Waals surface area contributed by atoms with Crippen LogP contribution in [0.4, 0.5) is 0 Å². The summed E-state index contributed by atoms with van der Waals surface area (Å²) in [6, 6.07) is 12.8. The number of hydrogen-bond donors (Lipinski definition) is 1. The monoisotopic (exact) mass is 412 g/mol. The standard InChI is InChI=1S/C22H24N2O4S/c1-15-24-18(14-29-15)13-28-19-7-5-17(6-8-19)22(25)23-11-10-16-4-9-20(26-2)21(12-16)27-3/h4-9,12,14H,10-11,13H2,1-3H3,(H,23,25). The Balaban J connectivity index is 1.48. The molecule has 0 aliphatic carbocycles. The fourth-order valence-electron chi connectivity index (χ4n) is 2.79. The average molecular weight is 413 g/mol. The van der Waals surface area contributed by atoms with E-state index in [0.29, 0.717) is 42.4 Å². The zero-order valence-electron chi connectivity index (χ0n) is 16.7. The van der Waals surface area contributed by atoms with Gasteiger partial charge in [-0.05, 0) is 55.3 Å². The van der Waals surface area contributed by atoms with Gasteiger partial charge in [-0.15, -0.1) is 11.3 Å². The van der Waals surface area contributed by atoms with Crippen LogP contribution < -0.4 is 19.5 Å². The predicted molar refractivity (Wildman–Crippen MR) is 113 cm³/mol. The lowest BCUT2D eigenvalue weighted by Gasteiger charge is -2.10. The minimum atomic E-state index is -0.118. The fraction of sp³-hybridized carbons (Fsp3) is 0.273. The van der Waals surface area contributed by atoms with E-state index in [9.17, 15) is 4.79 Å². The molecule has 3 aromatic rings. The van der Waals surface area contributed by atoms with E-state index in [1.165, 1.54) is 0 Å². The highest BCUT2D eigenvalue weighted by Gasteiger charge is 2.08. The van der Waals surface area contributed by atoms with Crippen LogP contribution in [0.1, 0.15) is 26.6 Å². The maximum Gasteiger partial charge on any atom is 0.251 e. The minimum absolute atomic E-state index is 0.118. The number of nitrogens with one attached hydrogen (secondary N) is 1. The van der Waals surface area contributed by atoms with E-state index in [1.54, 1.807) is 49.8 Å². The van der Waals surface area contributed by atoms with Gasteiger partial charge in [0.1, 0.15) is 12.4 Å². The Morgan fingerprint density at radius 2 is 1.83 bits per heavy atom. The van der Waals surface area contributed by atoms with E-state index in [4.69, 9.17) is 14.2 Å². The summed E-state index contributed by atoms with van der Waals surface area (Å²) in [7, 11) is 3.21. The molecule has 6 nitrogen and oxygen atoms in total. The Labute approximate surface area is 174 Å². The van der Waals surface area contributed by atoms with Crippen LogP contribution in [-0.2, 0) is 13.0 Å². The number of benzene rings is 2. The maximum absolute atomic E-state index is 12.3. The number of nitrogens with zero attached hydrogens (tertiary/aromatic N) is 1. The van der Waals surface area contributed by atoms with Gasteiger partial charge < -0.3 is 19.5 Å². The summed E-state index contributed by atoms with van der Waals surface area (Å²) in [6.45, 7) is 2.91. The molecule has 0 unspecified atom stereocenters. The fourth-order valence-corrected chi connectivity index (χ4v) is 3.39. The molecule has 0 aliphatic rings. The Morgan fingerprint density at radius 3 is 2.48 bits per heavy atom. The first kappa shape index (κ1) is 20.7. The minimum Gasteiger partial charge on any atom is -0.493 e. The summed E-state index contributed by atoms with van der Waals surface area (Å²) in [5, 5.41) is 5.93. The number of amides is 1. The van der Waals surface area contributed by atoms with Crippen LogP contribution in [0.15, 0.2) is 47.8 Å². The van der Waals surface area contributed by atoms with E-state index in [2.05, 4.69) is 10.3 Å². The van der Waals surface area contributed by atoms with Crippen molar-refractivity contribution in [3.8, 4) is 17.2 Å². The van der Waals surface area contributed by atoms with Gasteiger partial charge in [-0.1, -0.05) is 6.07 Å². The number of aryl methyl sites for hydroxylation is 1. The molecule has 2 aromatic carbocycles. The molecule has 0 aliphatic heterocycles. The van der Waals surface area contributed by atoms with Gasteiger partial charge in [0.05, 0.1) is 24.9 Å². The van der Waals surface area contributed by atoms with Gasteiger partial charge >= 0.3 is 0 Å². The first-order chi connectivity index (χ1) is 14.1. The molecule has 0 bridgehead atoms. The highest BCUT2D eigenvalue weighted by molar-refractivity contribution is 7.09. The smallest absolute Gasteiger partial charge is 0.251 e. The molecule has 1 amide bonds. The number of ether oxygens (including phenoxy) is 3. The van der Waals surface area contributed by atoms with Crippen LogP contribution in [-0.4, -0.2) is 31.7 Å². The second-order valence-electron chi connectivity index (χ2n) is 6.37. The van der Waals surface area contributed by atoms with E-state index < -0.39 is 0 Å². The average Bonchev–Trinajstić information content (AvgIpc) is 3.17.